The Balaban J connectivity index is -0.000000158. The van der Waals surface area contributed by atoms with Crippen LogP contribution in [-0.2, 0) is 11.2 Å². The van der Waals surface area contributed by atoms with Crippen molar-refractivity contribution in [1.82, 2.24) is 5.32 Å². The minimum absolute atomic E-state index is 0. The first-order chi connectivity index (χ1) is 9.19. The van der Waals surface area contributed by atoms with Crippen LogP contribution in [0.15, 0.2) is 24.3 Å². The van der Waals surface area contributed by atoms with E-state index in [2.05, 4.69) is 36.4 Å². The maximum absolute atomic E-state index is 9.99. The molecular formula is C15H18ClK2NOS-2. The summed E-state index contributed by atoms with van der Waals surface area (Å²) in [6, 6.07) is 5.55. The number of allylic oxidation sites excluding steroid dienone is 1. The quantitative estimate of drug-likeness (QED) is 0.269. The van der Waals surface area contributed by atoms with E-state index < -0.39 is 0 Å². The Labute approximate surface area is 224 Å². The van der Waals surface area contributed by atoms with Gasteiger partial charge in [-0.05, 0) is 18.4 Å². The Morgan fingerprint density at radius 1 is 1.43 bits per heavy atom. The van der Waals surface area contributed by atoms with Gasteiger partial charge in [0.1, 0.15) is 0 Å². The predicted molar refractivity (Wildman–Crippen MR) is 86.4 cm³/mol. The van der Waals surface area contributed by atoms with E-state index in [-0.39, 0.29) is 103 Å². The number of halogens is 1. The van der Waals surface area contributed by atoms with E-state index in [1.807, 2.05) is 26.1 Å². The van der Waals surface area contributed by atoms with Crippen LogP contribution >= 0.6 is 23.8 Å². The molecule has 0 aliphatic heterocycles. The molecule has 1 N–H and O–H groups in total. The number of benzene rings is 1. The first kappa shape index (κ1) is 31.1. The molecule has 0 radical (unpaired) electrons. The molecule has 2 nitrogen and oxygen atoms in total. The Hall–Kier alpha value is 2.24. The SMILES string of the molecule is CCc1ccc(Cl)cc1[C-]=C[C-]=O.[CH-]=S.[CH2-]CNC.[K+].[K+]. The summed E-state index contributed by atoms with van der Waals surface area (Å²) < 4.78 is 0. The molecule has 0 fully saturated rings. The predicted octanol–water partition coefficient (Wildman–Crippen LogP) is -2.74. The maximum atomic E-state index is 9.99. The largest absolute Gasteiger partial charge is 1.00 e. The summed E-state index contributed by atoms with van der Waals surface area (Å²) >= 11 is 9.38. The smallest absolute Gasteiger partial charge is 0.442 e. The van der Waals surface area contributed by atoms with E-state index in [0.717, 1.165) is 24.1 Å². The molecule has 0 unspecified atom stereocenters. The molecule has 0 heterocycles. The molecule has 0 saturated carbocycles. The van der Waals surface area contributed by atoms with Crippen molar-refractivity contribution in [1.29, 1.82) is 0 Å². The molecule has 1 aromatic rings. The molecule has 6 heteroatoms. The number of nitrogens with one attached hydrogen (secondary N) is 1. The van der Waals surface area contributed by atoms with Crippen LogP contribution < -0.4 is 108 Å². The van der Waals surface area contributed by atoms with Gasteiger partial charge in [0, 0.05) is 0 Å². The third kappa shape index (κ3) is 18.4. The minimum atomic E-state index is 0. The van der Waals surface area contributed by atoms with Gasteiger partial charge in [0.2, 0.25) is 0 Å². The molecule has 1 rings (SSSR count). The molecule has 106 valence electrons. The number of thiocarbonyl (C=S) groups is 1. The second kappa shape index (κ2) is 24.5. The van der Waals surface area contributed by atoms with Crippen molar-refractivity contribution >= 4 is 36.0 Å². The topological polar surface area (TPSA) is 29.1 Å². The standard InChI is InChI=1S/C11H9ClO.C3H8N.CHS.2K/c1-2-9-5-6-11(12)8-10(9)4-3-7-13;1-3-4-2;1-2;;/h3,5-6,8H,2H2,1H3;4H,1,3H2,2H3;1H;;/q-2;2*-1;2*+1. The summed E-state index contributed by atoms with van der Waals surface area (Å²) in [5.74, 6) is 4.08. The second-order valence-corrected chi connectivity index (χ2v) is 3.60. The molecule has 0 aromatic heterocycles. The van der Waals surface area contributed by atoms with Crippen LogP contribution in [0.3, 0.4) is 0 Å². The summed E-state index contributed by atoms with van der Waals surface area (Å²) in [6.45, 7) is 6.35. The van der Waals surface area contributed by atoms with Crippen molar-refractivity contribution in [2.45, 2.75) is 13.3 Å². The van der Waals surface area contributed by atoms with Crippen LogP contribution in [0.4, 0.5) is 0 Å². The molecule has 0 atom stereocenters. The van der Waals surface area contributed by atoms with Crippen molar-refractivity contribution in [3.05, 3.63) is 53.4 Å². The van der Waals surface area contributed by atoms with Crippen molar-refractivity contribution < 1.29 is 108 Å². The average molecular weight is 374 g/mol. The first-order valence-corrected chi connectivity index (χ1v) is 6.46. The molecule has 1 aromatic carbocycles. The summed E-state index contributed by atoms with van der Waals surface area (Å²) in [6.07, 6.45) is 6.60. The number of hydrogen-bond acceptors (Lipinski definition) is 3. The third-order valence-electron chi connectivity index (χ3n) is 1.99. The van der Waals surface area contributed by atoms with Crippen LogP contribution in [0.1, 0.15) is 18.1 Å². The van der Waals surface area contributed by atoms with Gasteiger partial charge >= 0.3 is 103 Å². The zero-order valence-corrected chi connectivity index (χ0v) is 21.0. The molecule has 0 aliphatic carbocycles. The Morgan fingerprint density at radius 2 is 1.95 bits per heavy atom. The van der Waals surface area contributed by atoms with E-state index in [1.54, 1.807) is 12.4 Å². The summed E-state index contributed by atoms with van der Waals surface area (Å²) in [5.41, 5.74) is 1.98. The summed E-state index contributed by atoms with van der Waals surface area (Å²) in [4.78, 5) is 9.99. The molecule has 0 saturated heterocycles. The maximum Gasteiger partial charge on any atom is 1.00 e. The molecule has 0 bridgehead atoms. The van der Waals surface area contributed by atoms with E-state index in [4.69, 9.17) is 11.6 Å². The van der Waals surface area contributed by atoms with Gasteiger partial charge in [-0.2, -0.15) is 0 Å². The Bertz CT molecular complexity index is 388. The van der Waals surface area contributed by atoms with Gasteiger partial charge in [0.15, 0.2) is 0 Å². The number of carbonyl (C=O) groups excluding carboxylic acids is 1. The van der Waals surface area contributed by atoms with Crippen LogP contribution in [-0.4, -0.2) is 25.7 Å². The Morgan fingerprint density at radius 3 is 2.33 bits per heavy atom. The number of aryl methyl sites for hydroxylation is 1. The van der Waals surface area contributed by atoms with Gasteiger partial charge in [-0.3, -0.25) is 11.6 Å². The molecule has 0 spiro atoms. The van der Waals surface area contributed by atoms with Crippen LogP contribution in [0.5, 0.6) is 0 Å². The third-order valence-corrected chi connectivity index (χ3v) is 2.22. The first-order valence-electron chi connectivity index (χ1n) is 5.61. The van der Waals surface area contributed by atoms with E-state index in [1.165, 1.54) is 6.08 Å². The average Bonchev–Trinajstić information content (AvgIpc) is 2.47. The molecular weight excluding hydrogens is 356 g/mol. The van der Waals surface area contributed by atoms with E-state index in [9.17, 15) is 4.79 Å². The van der Waals surface area contributed by atoms with Crippen molar-refractivity contribution in [3.8, 4) is 0 Å². The fourth-order valence-corrected chi connectivity index (χ4v) is 1.27. The zero-order valence-electron chi connectivity index (χ0n) is 13.2. The summed E-state index contributed by atoms with van der Waals surface area (Å²) in [5, 5.41) is 3.47. The molecule has 0 amide bonds. The fourth-order valence-electron chi connectivity index (χ4n) is 1.10. The van der Waals surface area contributed by atoms with Crippen molar-refractivity contribution in [2.24, 2.45) is 0 Å². The molecule has 0 aliphatic rings. The second-order valence-electron chi connectivity index (χ2n) is 3.17. The van der Waals surface area contributed by atoms with Gasteiger partial charge in [-0.25, -0.2) is 17.7 Å². The summed E-state index contributed by atoms with van der Waals surface area (Å²) in [7, 11) is 1.87. The monoisotopic (exact) mass is 373 g/mol. The molecule has 21 heavy (non-hydrogen) atoms. The van der Waals surface area contributed by atoms with Gasteiger partial charge < -0.3 is 35.1 Å². The van der Waals surface area contributed by atoms with Crippen LogP contribution in [0, 0.1) is 13.0 Å². The normalized spacial score (nSPS) is 8.19. The van der Waals surface area contributed by atoms with Crippen molar-refractivity contribution in [3.63, 3.8) is 0 Å². The Kier molecular flexibility index (Phi) is 36.2. The van der Waals surface area contributed by atoms with Crippen molar-refractivity contribution in [2.75, 3.05) is 13.6 Å². The van der Waals surface area contributed by atoms with Crippen LogP contribution in [0.2, 0.25) is 5.02 Å². The van der Waals surface area contributed by atoms with Gasteiger partial charge in [-0.15, -0.1) is 24.2 Å². The fraction of sp³-hybridized carbons (Fsp3) is 0.267. The minimum Gasteiger partial charge on any atom is -0.442 e. The van der Waals surface area contributed by atoms with Gasteiger partial charge in [0.25, 0.3) is 0 Å². The number of rotatable bonds is 4. The zero-order chi connectivity index (χ0) is 15.1. The van der Waals surface area contributed by atoms with E-state index >= 15 is 0 Å². The van der Waals surface area contributed by atoms with Gasteiger partial charge in [-0.1, -0.05) is 19.4 Å². The van der Waals surface area contributed by atoms with Crippen LogP contribution in [0.25, 0.3) is 0 Å². The van der Waals surface area contributed by atoms with Gasteiger partial charge in [0.05, 0.1) is 0 Å². The van der Waals surface area contributed by atoms with E-state index in [0.29, 0.717) is 5.02 Å². The number of hydrogen-bond donors (Lipinski definition) is 1.